The Bertz CT molecular complexity index is 1090. The van der Waals surface area contributed by atoms with E-state index in [-0.39, 0.29) is 31.1 Å². The summed E-state index contributed by atoms with van der Waals surface area (Å²) in [5.41, 5.74) is 0. The lowest BCUT2D eigenvalue weighted by molar-refractivity contribution is -0.167. The molecule has 6 heteroatoms. The van der Waals surface area contributed by atoms with Gasteiger partial charge in [0.05, 0.1) is 0 Å². The highest BCUT2D eigenvalue weighted by Gasteiger charge is 2.19. The molecule has 59 heavy (non-hydrogen) atoms. The zero-order valence-electron chi connectivity index (χ0n) is 38.8. The van der Waals surface area contributed by atoms with Gasteiger partial charge >= 0.3 is 17.9 Å². The van der Waals surface area contributed by atoms with Crippen LogP contribution in [-0.4, -0.2) is 37.2 Å². The van der Waals surface area contributed by atoms with Crippen molar-refractivity contribution in [2.45, 2.75) is 245 Å². The molecule has 0 aliphatic rings. The van der Waals surface area contributed by atoms with Gasteiger partial charge < -0.3 is 14.2 Å². The number of hydrogen-bond acceptors (Lipinski definition) is 6. The quantitative estimate of drug-likeness (QED) is 0.0263. The van der Waals surface area contributed by atoms with Crippen molar-refractivity contribution in [1.82, 2.24) is 0 Å². The minimum Gasteiger partial charge on any atom is -0.462 e. The fourth-order valence-corrected chi connectivity index (χ4v) is 6.78. The number of rotatable bonds is 44. The first kappa shape index (κ1) is 56.1. The highest BCUT2D eigenvalue weighted by molar-refractivity contribution is 5.71. The Balaban J connectivity index is 4.41. The summed E-state index contributed by atoms with van der Waals surface area (Å²) in [6.45, 7) is 6.47. The Morgan fingerprint density at radius 1 is 0.356 bits per heavy atom. The fraction of sp³-hybridized carbons (Fsp3) is 0.755. The summed E-state index contributed by atoms with van der Waals surface area (Å²) in [5.74, 6) is -0.917. The van der Waals surface area contributed by atoms with Gasteiger partial charge in [0.25, 0.3) is 0 Å². The Morgan fingerprint density at radius 2 is 0.661 bits per heavy atom. The maximum atomic E-state index is 12.8. The lowest BCUT2D eigenvalue weighted by Gasteiger charge is -2.18. The topological polar surface area (TPSA) is 78.9 Å². The second-order valence-electron chi connectivity index (χ2n) is 16.3. The normalized spacial score (nSPS) is 12.5. The summed E-state index contributed by atoms with van der Waals surface area (Å²) >= 11 is 0. The molecule has 1 unspecified atom stereocenters. The standard InChI is InChI=1S/C53H92O6/c1-4-7-10-13-16-19-22-24-26-27-28-30-31-34-37-40-43-46-52(55)58-49-50(48-57-51(54)45-42-39-36-33-21-18-15-12-9-6-3)59-53(56)47-44-41-38-35-32-29-25-23-20-17-14-11-8-5-2/h7,10,16,19,23-26,28,30,50H,4-6,8-9,11-15,17-18,20-22,27,29,31-49H2,1-3H3/b10-7-,19-16-,25-23-,26-24-,30-28-. The molecule has 0 aliphatic heterocycles. The van der Waals surface area contributed by atoms with Gasteiger partial charge in [-0.15, -0.1) is 0 Å². The van der Waals surface area contributed by atoms with Crippen LogP contribution < -0.4 is 0 Å². The van der Waals surface area contributed by atoms with Crippen molar-refractivity contribution < 1.29 is 28.6 Å². The van der Waals surface area contributed by atoms with Crippen LogP contribution in [0.25, 0.3) is 0 Å². The van der Waals surface area contributed by atoms with Gasteiger partial charge in [-0.3, -0.25) is 14.4 Å². The molecule has 0 heterocycles. The molecule has 0 radical (unpaired) electrons. The lowest BCUT2D eigenvalue weighted by atomic mass is 10.1. The minimum absolute atomic E-state index is 0.0842. The van der Waals surface area contributed by atoms with Crippen LogP contribution in [0, 0.1) is 0 Å². The van der Waals surface area contributed by atoms with E-state index in [0.717, 1.165) is 109 Å². The summed E-state index contributed by atoms with van der Waals surface area (Å²) in [4.78, 5) is 37.8. The van der Waals surface area contributed by atoms with Gasteiger partial charge in [-0.1, -0.05) is 197 Å². The predicted octanol–water partition coefficient (Wildman–Crippen LogP) is 16.1. The Morgan fingerprint density at radius 3 is 1.05 bits per heavy atom. The Hall–Kier alpha value is -2.89. The summed E-state index contributed by atoms with van der Waals surface area (Å²) in [6, 6.07) is 0. The van der Waals surface area contributed by atoms with Gasteiger partial charge in [0, 0.05) is 19.3 Å². The van der Waals surface area contributed by atoms with E-state index in [1.165, 1.54) is 89.9 Å². The molecule has 0 aromatic carbocycles. The molecule has 340 valence electrons. The zero-order valence-corrected chi connectivity index (χ0v) is 38.8. The Labute approximate surface area is 364 Å². The van der Waals surface area contributed by atoms with E-state index in [4.69, 9.17) is 14.2 Å². The summed E-state index contributed by atoms with van der Waals surface area (Å²) in [7, 11) is 0. The van der Waals surface area contributed by atoms with Gasteiger partial charge in [-0.05, 0) is 83.5 Å². The SMILES string of the molecule is CC/C=C\C/C=C\C/C=C\C/C=C\CCCCCCC(=O)OCC(COC(=O)CCCCCCCCCCCC)OC(=O)CCCCCCC/C=C\CCCCCCC. The first-order valence-electron chi connectivity index (χ1n) is 24.8. The monoisotopic (exact) mass is 825 g/mol. The molecule has 0 bridgehead atoms. The van der Waals surface area contributed by atoms with Crippen molar-refractivity contribution in [3.05, 3.63) is 60.8 Å². The number of unbranched alkanes of at least 4 members (excludes halogenated alkanes) is 23. The van der Waals surface area contributed by atoms with Crippen LogP contribution in [-0.2, 0) is 28.6 Å². The third-order valence-electron chi connectivity index (χ3n) is 10.5. The van der Waals surface area contributed by atoms with Crippen LogP contribution in [0.4, 0.5) is 0 Å². The van der Waals surface area contributed by atoms with E-state index in [1.54, 1.807) is 0 Å². The molecule has 0 spiro atoms. The molecule has 1 atom stereocenters. The molecule has 0 aromatic heterocycles. The van der Waals surface area contributed by atoms with Crippen molar-refractivity contribution >= 4 is 17.9 Å². The van der Waals surface area contributed by atoms with Crippen molar-refractivity contribution in [1.29, 1.82) is 0 Å². The average molecular weight is 825 g/mol. The second kappa shape index (κ2) is 47.8. The average Bonchev–Trinajstić information content (AvgIpc) is 3.23. The lowest BCUT2D eigenvalue weighted by Crippen LogP contribution is -2.30. The molecule has 0 saturated heterocycles. The van der Waals surface area contributed by atoms with E-state index in [9.17, 15) is 14.4 Å². The fourth-order valence-electron chi connectivity index (χ4n) is 6.78. The molecule has 0 fully saturated rings. The molecular formula is C53H92O6. The third-order valence-corrected chi connectivity index (χ3v) is 10.5. The first-order chi connectivity index (χ1) is 29.0. The Kier molecular flexibility index (Phi) is 45.4. The summed E-state index contributed by atoms with van der Waals surface area (Å²) in [5, 5.41) is 0. The summed E-state index contributed by atoms with van der Waals surface area (Å²) in [6.07, 6.45) is 57.7. The molecular weight excluding hydrogens is 733 g/mol. The molecule has 0 aliphatic carbocycles. The van der Waals surface area contributed by atoms with Gasteiger partial charge in [0.1, 0.15) is 13.2 Å². The van der Waals surface area contributed by atoms with Crippen molar-refractivity contribution in [3.8, 4) is 0 Å². The van der Waals surface area contributed by atoms with Gasteiger partial charge in [0.15, 0.2) is 6.10 Å². The second-order valence-corrected chi connectivity index (χ2v) is 16.3. The van der Waals surface area contributed by atoms with Crippen molar-refractivity contribution in [2.75, 3.05) is 13.2 Å². The summed E-state index contributed by atoms with van der Waals surface area (Å²) < 4.78 is 16.7. The third kappa shape index (κ3) is 46.0. The highest BCUT2D eigenvalue weighted by atomic mass is 16.6. The number of carbonyl (C=O) groups is 3. The van der Waals surface area contributed by atoms with Crippen LogP contribution in [0.2, 0.25) is 0 Å². The number of allylic oxidation sites excluding steroid dienone is 10. The van der Waals surface area contributed by atoms with E-state index in [2.05, 4.69) is 81.5 Å². The molecule has 0 rings (SSSR count). The zero-order chi connectivity index (χ0) is 43.0. The number of ether oxygens (including phenoxy) is 3. The highest BCUT2D eigenvalue weighted by Crippen LogP contribution is 2.14. The molecule has 0 aromatic rings. The molecule has 6 nitrogen and oxygen atoms in total. The van der Waals surface area contributed by atoms with Gasteiger partial charge in [-0.25, -0.2) is 0 Å². The van der Waals surface area contributed by atoms with E-state index in [0.29, 0.717) is 19.3 Å². The van der Waals surface area contributed by atoms with Crippen LogP contribution in [0.1, 0.15) is 239 Å². The predicted molar refractivity (Wildman–Crippen MR) is 251 cm³/mol. The molecule has 0 N–H and O–H groups in total. The maximum Gasteiger partial charge on any atom is 0.306 e. The largest absolute Gasteiger partial charge is 0.462 e. The van der Waals surface area contributed by atoms with Crippen LogP contribution in [0.5, 0.6) is 0 Å². The van der Waals surface area contributed by atoms with Gasteiger partial charge in [0.2, 0.25) is 0 Å². The number of esters is 3. The van der Waals surface area contributed by atoms with Gasteiger partial charge in [-0.2, -0.15) is 0 Å². The van der Waals surface area contributed by atoms with E-state index < -0.39 is 6.10 Å². The number of carbonyl (C=O) groups excluding carboxylic acids is 3. The van der Waals surface area contributed by atoms with E-state index >= 15 is 0 Å². The maximum absolute atomic E-state index is 12.8. The van der Waals surface area contributed by atoms with Crippen LogP contribution in [0.15, 0.2) is 60.8 Å². The molecule has 0 saturated carbocycles. The van der Waals surface area contributed by atoms with Crippen LogP contribution >= 0.6 is 0 Å². The molecule has 0 amide bonds. The smallest absolute Gasteiger partial charge is 0.306 e. The van der Waals surface area contributed by atoms with E-state index in [1.807, 2.05) is 0 Å². The minimum atomic E-state index is -0.785. The number of hydrogen-bond donors (Lipinski definition) is 0. The van der Waals surface area contributed by atoms with Crippen LogP contribution in [0.3, 0.4) is 0 Å². The van der Waals surface area contributed by atoms with Crippen molar-refractivity contribution in [3.63, 3.8) is 0 Å². The van der Waals surface area contributed by atoms with Crippen molar-refractivity contribution in [2.24, 2.45) is 0 Å². The first-order valence-corrected chi connectivity index (χ1v) is 24.8.